The van der Waals surface area contributed by atoms with Gasteiger partial charge in [-0.1, -0.05) is 48.5 Å². The number of hydrogen-bond acceptors (Lipinski definition) is 8. The summed E-state index contributed by atoms with van der Waals surface area (Å²) in [5.41, 5.74) is 1.42. The number of hydrogen-bond donors (Lipinski definition) is 1. The number of carbonyl (C=O) groups is 1. The van der Waals surface area contributed by atoms with Crippen LogP contribution in [0.3, 0.4) is 0 Å². The van der Waals surface area contributed by atoms with E-state index in [2.05, 4.69) is 15.0 Å². The maximum absolute atomic E-state index is 12.5. The molecule has 0 spiro atoms. The fourth-order valence-corrected chi connectivity index (χ4v) is 3.92. The second kappa shape index (κ2) is 7.80. The summed E-state index contributed by atoms with van der Waals surface area (Å²) in [6, 6.07) is 15.6. The van der Waals surface area contributed by atoms with Crippen molar-refractivity contribution in [3.05, 3.63) is 60.2 Å². The fraction of sp³-hybridized carbons (Fsp3) is 0.143. The van der Waals surface area contributed by atoms with Gasteiger partial charge in [0.15, 0.2) is 32.2 Å². The van der Waals surface area contributed by atoms with E-state index >= 15 is 0 Å². The van der Waals surface area contributed by atoms with Crippen molar-refractivity contribution in [1.29, 1.82) is 0 Å². The smallest absolute Gasteiger partial charge is 0.338 e. The van der Waals surface area contributed by atoms with Crippen LogP contribution in [0.1, 0.15) is 17.3 Å². The first-order chi connectivity index (χ1) is 14.8. The SMILES string of the molecule is CCOC(=O)c1ccccc1-c1nc(S(C)(=O)=O)c2nc(-c3ccccc3)n(N)c2n1. The van der Waals surface area contributed by atoms with Crippen LogP contribution in [0.15, 0.2) is 59.6 Å². The van der Waals surface area contributed by atoms with Crippen molar-refractivity contribution in [1.82, 2.24) is 19.6 Å². The maximum atomic E-state index is 12.5. The third-order valence-electron chi connectivity index (χ3n) is 4.55. The first-order valence-electron chi connectivity index (χ1n) is 9.38. The quantitative estimate of drug-likeness (QED) is 0.286. The van der Waals surface area contributed by atoms with Crippen LogP contribution in [0, 0.1) is 0 Å². The summed E-state index contributed by atoms with van der Waals surface area (Å²) in [6.45, 7) is 1.89. The van der Waals surface area contributed by atoms with Crippen molar-refractivity contribution in [2.24, 2.45) is 0 Å². The summed E-state index contributed by atoms with van der Waals surface area (Å²) in [5.74, 6) is 6.06. The number of imidazole rings is 1. The molecule has 2 N–H and O–H groups in total. The molecule has 0 saturated heterocycles. The summed E-state index contributed by atoms with van der Waals surface area (Å²) in [6.07, 6.45) is 1.04. The van der Waals surface area contributed by atoms with E-state index in [-0.39, 0.29) is 34.2 Å². The minimum absolute atomic E-state index is 0.0304. The lowest BCUT2D eigenvalue weighted by Gasteiger charge is -2.09. The summed E-state index contributed by atoms with van der Waals surface area (Å²) in [4.78, 5) is 25.5. The molecule has 158 valence electrons. The molecule has 0 amide bonds. The van der Waals surface area contributed by atoms with Gasteiger partial charge < -0.3 is 10.6 Å². The average Bonchev–Trinajstić information content (AvgIpc) is 3.09. The van der Waals surface area contributed by atoms with Gasteiger partial charge in [-0.15, -0.1) is 0 Å². The molecule has 0 aliphatic heterocycles. The normalized spacial score (nSPS) is 11.5. The molecule has 0 unspecified atom stereocenters. The van der Waals surface area contributed by atoms with Crippen molar-refractivity contribution in [2.45, 2.75) is 11.9 Å². The monoisotopic (exact) mass is 437 g/mol. The zero-order valence-electron chi connectivity index (χ0n) is 16.8. The summed E-state index contributed by atoms with van der Waals surface area (Å²) >= 11 is 0. The first-order valence-corrected chi connectivity index (χ1v) is 11.3. The number of sulfone groups is 1. The van der Waals surface area contributed by atoms with Crippen LogP contribution in [0.5, 0.6) is 0 Å². The minimum Gasteiger partial charge on any atom is -0.462 e. The van der Waals surface area contributed by atoms with Crippen LogP contribution in [-0.4, -0.2) is 46.9 Å². The van der Waals surface area contributed by atoms with Crippen molar-refractivity contribution < 1.29 is 17.9 Å². The van der Waals surface area contributed by atoms with E-state index in [0.29, 0.717) is 17.0 Å². The Morgan fingerprint density at radius 1 is 1.03 bits per heavy atom. The van der Waals surface area contributed by atoms with Crippen molar-refractivity contribution >= 4 is 27.0 Å². The van der Waals surface area contributed by atoms with Gasteiger partial charge >= 0.3 is 5.97 Å². The molecule has 4 aromatic rings. The molecule has 0 bridgehead atoms. The van der Waals surface area contributed by atoms with Crippen LogP contribution < -0.4 is 5.84 Å². The Morgan fingerprint density at radius 2 is 1.71 bits per heavy atom. The fourth-order valence-electron chi connectivity index (χ4n) is 3.18. The third-order valence-corrected chi connectivity index (χ3v) is 5.54. The Bertz CT molecular complexity index is 1400. The van der Waals surface area contributed by atoms with E-state index in [1.807, 2.05) is 18.2 Å². The zero-order chi connectivity index (χ0) is 22.2. The summed E-state index contributed by atoms with van der Waals surface area (Å²) in [7, 11) is -3.79. The van der Waals surface area contributed by atoms with E-state index in [9.17, 15) is 13.2 Å². The molecule has 9 nitrogen and oxygen atoms in total. The Morgan fingerprint density at radius 3 is 2.39 bits per heavy atom. The summed E-state index contributed by atoms with van der Waals surface area (Å²) < 4.78 is 31.4. The first kappa shape index (κ1) is 20.5. The molecule has 0 saturated carbocycles. The van der Waals surface area contributed by atoms with Crippen LogP contribution in [-0.2, 0) is 14.6 Å². The van der Waals surface area contributed by atoms with Gasteiger partial charge in [0.25, 0.3) is 0 Å². The number of rotatable bonds is 5. The highest BCUT2D eigenvalue weighted by atomic mass is 32.2. The van der Waals surface area contributed by atoms with E-state index in [1.54, 1.807) is 43.3 Å². The number of nitrogens with two attached hydrogens (primary N) is 1. The minimum atomic E-state index is -3.79. The van der Waals surface area contributed by atoms with Gasteiger partial charge in [0.2, 0.25) is 0 Å². The number of ether oxygens (including phenoxy) is 1. The molecule has 31 heavy (non-hydrogen) atoms. The third kappa shape index (κ3) is 3.73. The number of esters is 1. The number of carbonyl (C=O) groups excluding carboxylic acids is 1. The molecular weight excluding hydrogens is 418 g/mol. The lowest BCUT2D eigenvalue weighted by Crippen LogP contribution is -2.13. The van der Waals surface area contributed by atoms with Gasteiger partial charge in [-0.25, -0.2) is 32.8 Å². The Hall–Kier alpha value is -3.79. The molecule has 0 aliphatic rings. The summed E-state index contributed by atoms with van der Waals surface area (Å²) in [5, 5.41) is -0.271. The van der Waals surface area contributed by atoms with E-state index in [4.69, 9.17) is 10.6 Å². The number of fused-ring (bicyclic) bond motifs is 1. The van der Waals surface area contributed by atoms with Gasteiger partial charge in [0.05, 0.1) is 12.2 Å². The van der Waals surface area contributed by atoms with Gasteiger partial charge in [0, 0.05) is 17.4 Å². The lowest BCUT2D eigenvalue weighted by atomic mass is 10.1. The average molecular weight is 437 g/mol. The van der Waals surface area contributed by atoms with Crippen LogP contribution in [0.4, 0.5) is 0 Å². The maximum Gasteiger partial charge on any atom is 0.338 e. The molecule has 2 heterocycles. The Kier molecular flexibility index (Phi) is 5.15. The highest BCUT2D eigenvalue weighted by Gasteiger charge is 2.25. The number of nitrogens with zero attached hydrogens (tertiary/aromatic N) is 4. The topological polar surface area (TPSA) is 130 Å². The van der Waals surface area contributed by atoms with E-state index in [0.717, 1.165) is 6.26 Å². The van der Waals surface area contributed by atoms with Gasteiger partial charge in [-0.2, -0.15) is 0 Å². The molecule has 0 aliphatic carbocycles. The van der Waals surface area contributed by atoms with Crippen molar-refractivity contribution in [3.8, 4) is 22.8 Å². The molecule has 2 aromatic heterocycles. The molecule has 0 fully saturated rings. The van der Waals surface area contributed by atoms with Crippen molar-refractivity contribution in [2.75, 3.05) is 18.7 Å². The molecule has 2 aromatic carbocycles. The Balaban J connectivity index is 2.02. The van der Waals surface area contributed by atoms with Crippen molar-refractivity contribution in [3.63, 3.8) is 0 Å². The largest absolute Gasteiger partial charge is 0.462 e. The standard InChI is InChI=1S/C21H19N5O4S/c1-3-30-21(27)15-12-8-7-11-14(15)17-24-19-16(20(25-17)31(2,28)29)23-18(26(19)22)13-9-5-4-6-10-13/h4-12H,3,22H2,1-2H3. The molecule has 4 rings (SSSR count). The van der Waals surface area contributed by atoms with E-state index in [1.165, 1.54) is 4.68 Å². The molecular formula is C21H19N5O4S. The van der Waals surface area contributed by atoms with Crippen LogP contribution in [0.25, 0.3) is 33.9 Å². The van der Waals surface area contributed by atoms with Gasteiger partial charge in [0.1, 0.15) is 5.52 Å². The molecule has 10 heteroatoms. The molecule has 0 radical (unpaired) electrons. The zero-order valence-corrected chi connectivity index (χ0v) is 17.6. The highest BCUT2D eigenvalue weighted by molar-refractivity contribution is 7.90. The van der Waals surface area contributed by atoms with E-state index < -0.39 is 15.8 Å². The highest BCUT2D eigenvalue weighted by Crippen LogP contribution is 2.29. The Labute approximate surface area is 178 Å². The number of nitrogen functional groups attached to an aromatic ring is 1. The van der Waals surface area contributed by atoms with Crippen LogP contribution in [0.2, 0.25) is 0 Å². The number of aromatic nitrogens is 4. The lowest BCUT2D eigenvalue weighted by molar-refractivity contribution is 0.0527. The second-order valence-electron chi connectivity index (χ2n) is 6.73. The van der Waals surface area contributed by atoms with Gasteiger partial charge in [-0.05, 0) is 13.0 Å². The predicted molar refractivity (Wildman–Crippen MR) is 115 cm³/mol. The van der Waals surface area contributed by atoms with Gasteiger partial charge in [-0.3, -0.25) is 0 Å². The van der Waals surface area contributed by atoms with Crippen LogP contribution >= 0.6 is 0 Å². The molecule has 0 atom stereocenters. The predicted octanol–water partition coefficient (Wildman–Crippen LogP) is 2.45. The number of benzene rings is 2. The second-order valence-corrected chi connectivity index (χ2v) is 8.67.